The van der Waals surface area contributed by atoms with Crippen molar-refractivity contribution in [3.63, 3.8) is 0 Å². The van der Waals surface area contributed by atoms with Crippen molar-refractivity contribution >= 4 is 27.0 Å². The summed E-state index contributed by atoms with van der Waals surface area (Å²) in [5.41, 5.74) is 2.89. The average molecular weight is 631 g/mol. The third-order valence-corrected chi connectivity index (χ3v) is 9.18. The van der Waals surface area contributed by atoms with Crippen molar-refractivity contribution in [3.8, 4) is 0 Å². The van der Waals surface area contributed by atoms with E-state index in [0.29, 0.717) is 23.5 Å². The van der Waals surface area contributed by atoms with Crippen molar-refractivity contribution in [1.29, 1.82) is 0 Å². The van der Waals surface area contributed by atoms with Crippen LogP contribution in [0.15, 0.2) is 102 Å². The summed E-state index contributed by atoms with van der Waals surface area (Å²) >= 11 is 0. The molecule has 0 saturated carbocycles. The van der Waals surface area contributed by atoms with E-state index in [1.54, 1.807) is 18.2 Å². The van der Waals surface area contributed by atoms with Crippen LogP contribution in [-0.2, 0) is 26.0 Å². The number of ether oxygens (including phenoxy) is 2. The number of imidazole rings is 1. The smallest absolute Gasteiger partial charge is 0.240 e. The van der Waals surface area contributed by atoms with Crippen molar-refractivity contribution in [2.24, 2.45) is 0 Å². The van der Waals surface area contributed by atoms with E-state index in [0.717, 1.165) is 11.1 Å². The highest BCUT2D eigenvalue weighted by Gasteiger charge is 2.44. The molecule has 4 atom stereocenters. The molecule has 234 valence electrons. The molecule has 0 spiro atoms. The molecule has 3 heterocycles. The lowest BCUT2D eigenvalue weighted by Crippen LogP contribution is -2.33. The Labute approximate surface area is 260 Å². The van der Waals surface area contributed by atoms with Gasteiger partial charge in [-0.3, -0.25) is 4.57 Å². The summed E-state index contributed by atoms with van der Waals surface area (Å²) in [5.74, 6) is 0.513. The topological polar surface area (TPSA) is 161 Å². The quantitative estimate of drug-likeness (QED) is 0.161. The Morgan fingerprint density at radius 3 is 2.16 bits per heavy atom. The van der Waals surface area contributed by atoms with Gasteiger partial charge >= 0.3 is 0 Å². The van der Waals surface area contributed by atoms with Crippen molar-refractivity contribution in [2.45, 2.75) is 41.9 Å². The Kier molecular flexibility index (Phi) is 9.16. The third-order valence-electron chi connectivity index (χ3n) is 7.76. The van der Waals surface area contributed by atoms with E-state index in [-0.39, 0.29) is 29.8 Å². The lowest BCUT2D eigenvalue weighted by atomic mass is 9.91. The van der Waals surface area contributed by atoms with Gasteiger partial charge in [0.05, 0.1) is 24.4 Å². The lowest BCUT2D eigenvalue weighted by molar-refractivity contribution is -0.0580. The number of hydrogen-bond acceptors (Lipinski definition) is 10. The monoisotopic (exact) mass is 630 g/mol. The molecule has 0 amide bonds. The fraction of sp³-hybridized carbons (Fsp3) is 0.281. The first kappa shape index (κ1) is 30.8. The molecule has 1 fully saturated rings. The number of sulfonamides is 1. The van der Waals surface area contributed by atoms with E-state index >= 15 is 0 Å². The van der Waals surface area contributed by atoms with Crippen molar-refractivity contribution in [2.75, 3.05) is 25.6 Å². The first-order valence-electron chi connectivity index (χ1n) is 14.5. The molecule has 12 nitrogen and oxygen atoms in total. The SMILES string of the molecule is COC[C@H]1O[C@@H](n2cnc3c(NCC(c4ccccc4)c4ccccc4)nc(CNS(=O)(=O)c4ccccc4)nc32)[C@H](O)[C@@H]1O. The second kappa shape index (κ2) is 13.4. The molecule has 0 radical (unpaired) electrons. The first-order chi connectivity index (χ1) is 21.9. The van der Waals surface area contributed by atoms with Gasteiger partial charge in [-0.15, -0.1) is 0 Å². The zero-order chi connectivity index (χ0) is 31.4. The van der Waals surface area contributed by atoms with Gasteiger partial charge in [-0.25, -0.2) is 28.1 Å². The average Bonchev–Trinajstić information content (AvgIpc) is 3.62. The molecular formula is C32H34N6O6S. The van der Waals surface area contributed by atoms with E-state index in [2.05, 4.69) is 49.3 Å². The Hall–Kier alpha value is -4.24. The Bertz CT molecular complexity index is 1790. The molecule has 2 aromatic heterocycles. The zero-order valence-electron chi connectivity index (χ0n) is 24.5. The molecule has 0 aliphatic carbocycles. The van der Waals surface area contributed by atoms with Crippen LogP contribution < -0.4 is 10.0 Å². The molecule has 0 unspecified atom stereocenters. The minimum Gasteiger partial charge on any atom is -0.387 e. The number of aliphatic hydroxyl groups is 2. The Morgan fingerprint density at radius 1 is 0.911 bits per heavy atom. The second-order valence-corrected chi connectivity index (χ2v) is 12.5. The summed E-state index contributed by atoms with van der Waals surface area (Å²) in [6.45, 7) is 0.312. The predicted octanol–water partition coefficient (Wildman–Crippen LogP) is 2.81. The van der Waals surface area contributed by atoms with E-state index in [4.69, 9.17) is 9.47 Å². The highest BCUT2D eigenvalue weighted by atomic mass is 32.2. The van der Waals surface area contributed by atoms with Gasteiger partial charge in [-0.2, -0.15) is 0 Å². The van der Waals surface area contributed by atoms with E-state index in [1.165, 1.54) is 30.1 Å². The minimum atomic E-state index is -3.85. The third kappa shape index (κ3) is 6.59. The predicted molar refractivity (Wildman–Crippen MR) is 167 cm³/mol. The van der Waals surface area contributed by atoms with Crippen molar-refractivity contribution in [3.05, 3.63) is 114 Å². The van der Waals surface area contributed by atoms with Gasteiger partial charge in [0.25, 0.3) is 0 Å². The summed E-state index contributed by atoms with van der Waals surface area (Å²) in [5, 5.41) is 24.9. The highest BCUT2D eigenvalue weighted by Crippen LogP contribution is 2.33. The highest BCUT2D eigenvalue weighted by molar-refractivity contribution is 7.89. The van der Waals surface area contributed by atoms with Gasteiger partial charge in [-0.1, -0.05) is 78.9 Å². The van der Waals surface area contributed by atoms with Crippen molar-refractivity contribution in [1.82, 2.24) is 24.2 Å². The van der Waals surface area contributed by atoms with Gasteiger partial charge < -0.3 is 25.0 Å². The molecular weight excluding hydrogens is 596 g/mol. The molecule has 3 aromatic carbocycles. The number of aliphatic hydroxyl groups excluding tert-OH is 2. The van der Waals surface area contributed by atoms with Crippen LogP contribution >= 0.6 is 0 Å². The van der Waals surface area contributed by atoms with Gasteiger partial charge in [0.1, 0.15) is 24.1 Å². The Balaban J connectivity index is 1.36. The summed E-state index contributed by atoms with van der Waals surface area (Å²) in [4.78, 5) is 14.0. The van der Waals surface area contributed by atoms with Gasteiger partial charge in [0.15, 0.2) is 23.2 Å². The number of anilines is 1. The maximum absolute atomic E-state index is 13.0. The fourth-order valence-electron chi connectivity index (χ4n) is 5.45. The van der Waals surface area contributed by atoms with Crippen LogP contribution in [0, 0.1) is 0 Å². The van der Waals surface area contributed by atoms with E-state index < -0.39 is 34.6 Å². The fourth-order valence-corrected chi connectivity index (χ4v) is 6.45. The largest absolute Gasteiger partial charge is 0.387 e. The van der Waals surface area contributed by atoms with Gasteiger partial charge in [0.2, 0.25) is 10.0 Å². The second-order valence-electron chi connectivity index (χ2n) is 10.7. The molecule has 45 heavy (non-hydrogen) atoms. The van der Waals surface area contributed by atoms with Crippen LogP contribution in [0.1, 0.15) is 29.1 Å². The summed E-state index contributed by atoms with van der Waals surface area (Å²) in [7, 11) is -2.37. The summed E-state index contributed by atoms with van der Waals surface area (Å²) < 4.78 is 41.2. The maximum Gasteiger partial charge on any atom is 0.240 e. The standard InChI is InChI=1S/C32H34N6O6S/c1-43-19-25-28(39)29(40)32(44-25)38-20-34-27-30(33-17-24(21-11-5-2-6-12-21)22-13-7-3-8-14-22)36-26(37-31(27)38)18-35-45(41,42)23-15-9-4-10-16-23/h2-16,20,24-25,28-29,32,35,39-40H,17-19H2,1H3,(H,33,36,37)/t25-,28-,29-,32-/m1/s1. The van der Waals surface area contributed by atoms with Crippen LogP contribution in [0.4, 0.5) is 5.82 Å². The maximum atomic E-state index is 13.0. The molecule has 4 N–H and O–H groups in total. The summed E-state index contributed by atoms with van der Waals surface area (Å²) in [6.07, 6.45) is -2.79. The number of nitrogens with one attached hydrogen (secondary N) is 2. The molecule has 1 saturated heterocycles. The molecule has 13 heteroatoms. The first-order valence-corrected chi connectivity index (χ1v) is 16.0. The number of methoxy groups -OCH3 is 1. The van der Waals surface area contributed by atoms with Gasteiger partial charge in [0, 0.05) is 19.6 Å². The summed E-state index contributed by atoms with van der Waals surface area (Å²) in [6, 6.07) is 28.2. The van der Waals surface area contributed by atoms with Crippen LogP contribution in [0.2, 0.25) is 0 Å². The minimum absolute atomic E-state index is 0.0375. The normalized spacial score (nSPS) is 20.2. The molecule has 1 aliphatic heterocycles. The number of fused-ring (bicyclic) bond motifs is 1. The van der Waals surface area contributed by atoms with Crippen molar-refractivity contribution < 1.29 is 28.1 Å². The number of aromatic nitrogens is 4. The van der Waals surface area contributed by atoms with Crippen LogP contribution in [-0.4, -0.2) is 76.7 Å². The Morgan fingerprint density at radius 2 is 1.53 bits per heavy atom. The number of nitrogens with zero attached hydrogens (tertiary/aromatic N) is 4. The zero-order valence-corrected chi connectivity index (χ0v) is 25.3. The number of hydrogen-bond donors (Lipinski definition) is 4. The van der Waals surface area contributed by atoms with Crippen LogP contribution in [0.5, 0.6) is 0 Å². The molecule has 0 bridgehead atoms. The van der Waals surface area contributed by atoms with E-state index in [9.17, 15) is 18.6 Å². The molecule has 5 aromatic rings. The molecule has 6 rings (SSSR count). The van der Waals surface area contributed by atoms with Gasteiger partial charge in [-0.05, 0) is 23.3 Å². The van der Waals surface area contributed by atoms with Crippen LogP contribution in [0.3, 0.4) is 0 Å². The number of benzene rings is 3. The molecule has 1 aliphatic rings. The van der Waals surface area contributed by atoms with E-state index in [1.807, 2.05) is 36.4 Å². The lowest BCUT2D eigenvalue weighted by Gasteiger charge is -2.20. The number of rotatable bonds is 12. The van der Waals surface area contributed by atoms with Crippen LogP contribution in [0.25, 0.3) is 11.2 Å².